The van der Waals surface area contributed by atoms with Crippen LogP contribution in [0.1, 0.15) is 10.4 Å². The molecule has 1 aromatic carbocycles. The lowest BCUT2D eigenvalue weighted by Gasteiger charge is -2.33. The van der Waals surface area contributed by atoms with Crippen molar-refractivity contribution >= 4 is 43.4 Å². The first-order valence-corrected chi connectivity index (χ1v) is 10.9. The molecule has 3 rings (SSSR count). The number of benzene rings is 1. The van der Waals surface area contributed by atoms with E-state index < -0.39 is 10.0 Å². The quantitative estimate of drug-likeness (QED) is 0.732. The van der Waals surface area contributed by atoms with Crippen molar-refractivity contribution in [2.75, 3.05) is 26.2 Å². The summed E-state index contributed by atoms with van der Waals surface area (Å²) in [5.41, 5.74) is 0.891. The molecule has 24 heavy (non-hydrogen) atoms. The molecule has 0 bridgehead atoms. The zero-order chi connectivity index (χ0) is 17.0. The molecule has 4 nitrogen and oxygen atoms in total. The van der Waals surface area contributed by atoms with Crippen LogP contribution >= 0.6 is 27.3 Å². The summed E-state index contributed by atoms with van der Waals surface area (Å²) in [6.45, 7) is 3.44. The van der Waals surface area contributed by atoms with E-state index in [1.165, 1.54) is 10.3 Å². The van der Waals surface area contributed by atoms with Crippen molar-refractivity contribution in [3.05, 3.63) is 62.1 Å². The second-order valence-corrected chi connectivity index (χ2v) is 9.30. The predicted octanol–water partition coefficient (Wildman–Crippen LogP) is 3.63. The van der Waals surface area contributed by atoms with Gasteiger partial charge in [0.1, 0.15) is 0 Å². The SMILES string of the molecule is O=S(=O)(/C=C/c1ccccc1)N1CCN(Cc2sccc2Br)CC1. The van der Waals surface area contributed by atoms with E-state index in [9.17, 15) is 8.42 Å². The third kappa shape index (κ3) is 4.55. The molecule has 2 heterocycles. The van der Waals surface area contributed by atoms with E-state index in [4.69, 9.17) is 0 Å². The van der Waals surface area contributed by atoms with Gasteiger partial charge in [-0.15, -0.1) is 11.3 Å². The Hall–Kier alpha value is -0.990. The first kappa shape index (κ1) is 17.8. The molecule has 0 aliphatic carbocycles. The van der Waals surface area contributed by atoms with Gasteiger partial charge in [0.2, 0.25) is 10.0 Å². The number of hydrogen-bond acceptors (Lipinski definition) is 4. The third-order valence-corrected chi connectivity index (χ3v) is 7.46. The van der Waals surface area contributed by atoms with Crippen LogP contribution in [0.3, 0.4) is 0 Å². The molecule has 0 N–H and O–H groups in total. The van der Waals surface area contributed by atoms with Gasteiger partial charge in [0.25, 0.3) is 0 Å². The van der Waals surface area contributed by atoms with Gasteiger partial charge >= 0.3 is 0 Å². The van der Waals surface area contributed by atoms with Crippen LogP contribution in [0.15, 0.2) is 51.7 Å². The number of halogens is 1. The van der Waals surface area contributed by atoms with E-state index in [2.05, 4.69) is 32.3 Å². The molecular weight excluding hydrogens is 408 g/mol. The second-order valence-electron chi connectivity index (χ2n) is 5.63. The summed E-state index contributed by atoms with van der Waals surface area (Å²) in [7, 11) is -3.36. The van der Waals surface area contributed by atoms with Gasteiger partial charge in [-0.25, -0.2) is 8.42 Å². The summed E-state index contributed by atoms with van der Waals surface area (Å²) in [5, 5.41) is 3.38. The Balaban J connectivity index is 1.57. The zero-order valence-electron chi connectivity index (χ0n) is 13.1. The molecule has 0 saturated carbocycles. The summed E-state index contributed by atoms with van der Waals surface area (Å²) < 4.78 is 27.6. The maximum absolute atomic E-state index is 12.5. The minimum atomic E-state index is -3.36. The van der Waals surface area contributed by atoms with Gasteiger partial charge in [0.15, 0.2) is 0 Å². The van der Waals surface area contributed by atoms with Gasteiger partial charge in [-0.2, -0.15) is 4.31 Å². The van der Waals surface area contributed by atoms with Gasteiger partial charge in [-0.1, -0.05) is 30.3 Å². The lowest BCUT2D eigenvalue weighted by atomic mass is 10.2. The first-order chi connectivity index (χ1) is 11.5. The fourth-order valence-corrected chi connectivity index (χ4v) is 5.29. The summed E-state index contributed by atoms with van der Waals surface area (Å²) in [6.07, 6.45) is 1.66. The lowest BCUT2D eigenvalue weighted by molar-refractivity contribution is 0.183. The number of nitrogens with zero attached hydrogens (tertiary/aromatic N) is 2. The van der Waals surface area contributed by atoms with Gasteiger partial charge < -0.3 is 0 Å². The van der Waals surface area contributed by atoms with E-state index in [0.717, 1.165) is 29.7 Å². The molecule has 0 amide bonds. The lowest BCUT2D eigenvalue weighted by Crippen LogP contribution is -2.47. The van der Waals surface area contributed by atoms with Crippen molar-refractivity contribution in [1.29, 1.82) is 0 Å². The van der Waals surface area contributed by atoms with Crippen molar-refractivity contribution in [1.82, 2.24) is 9.21 Å². The molecule has 0 atom stereocenters. The van der Waals surface area contributed by atoms with Crippen LogP contribution < -0.4 is 0 Å². The maximum atomic E-state index is 12.5. The van der Waals surface area contributed by atoms with E-state index in [1.807, 2.05) is 30.3 Å². The number of piperazine rings is 1. The molecule has 1 aliphatic rings. The van der Waals surface area contributed by atoms with Crippen molar-refractivity contribution in [2.45, 2.75) is 6.54 Å². The monoisotopic (exact) mass is 426 g/mol. The topological polar surface area (TPSA) is 40.6 Å². The summed E-state index contributed by atoms with van der Waals surface area (Å²) >= 11 is 5.27. The maximum Gasteiger partial charge on any atom is 0.236 e. The van der Waals surface area contributed by atoms with Crippen LogP contribution in [-0.2, 0) is 16.6 Å². The molecule has 2 aromatic rings. The Morgan fingerprint density at radius 1 is 1.08 bits per heavy atom. The average Bonchev–Trinajstić information content (AvgIpc) is 2.99. The summed E-state index contributed by atoms with van der Waals surface area (Å²) in [5.74, 6) is 0. The van der Waals surface area contributed by atoms with Crippen molar-refractivity contribution in [3.63, 3.8) is 0 Å². The molecule has 0 spiro atoms. The van der Waals surface area contributed by atoms with Crippen molar-refractivity contribution < 1.29 is 8.42 Å². The van der Waals surface area contributed by atoms with E-state index in [1.54, 1.807) is 21.7 Å². The second kappa shape index (κ2) is 7.93. The van der Waals surface area contributed by atoms with E-state index in [0.29, 0.717) is 13.1 Å². The smallest absolute Gasteiger partial charge is 0.236 e. The van der Waals surface area contributed by atoms with Gasteiger partial charge in [0.05, 0.1) is 0 Å². The molecule has 1 aromatic heterocycles. The molecule has 128 valence electrons. The van der Waals surface area contributed by atoms with Crippen LogP contribution in [-0.4, -0.2) is 43.8 Å². The Morgan fingerprint density at radius 3 is 2.42 bits per heavy atom. The predicted molar refractivity (Wildman–Crippen MR) is 103 cm³/mol. The molecule has 7 heteroatoms. The van der Waals surface area contributed by atoms with E-state index in [-0.39, 0.29) is 0 Å². The van der Waals surface area contributed by atoms with Gasteiger partial charge in [-0.05, 0) is 39.0 Å². The minimum Gasteiger partial charge on any atom is -0.296 e. The van der Waals surface area contributed by atoms with Crippen LogP contribution in [0.5, 0.6) is 0 Å². The molecule has 0 radical (unpaired) electrons. The van der Waals surface area contributed by atoms with E-state index >= 15 is 0 Å². The van der Waals surface area contributed by atoms with Crippen LogP contribution in [0.4, 0.5) is 0 Å². The standard InChI is InChI=1S/C17H19BrN2O2S2/c18-16-6-12-23-17(16)14-19-8-10-20(11-9-19)24(21,22)13-7-15-4-2-1-3-5-15/h1-7,12-13H,8-11,14H2/b13-7+. The molecule has 1 saturated heterocycles. The highest BCUT2D eigenvalue weighted by Gasteiger charge is 2.25. The Bertz CT molecular complexity index is 795. The fraction of sp³-hybridized carbons (Fsp3) is 0.294. The molecule has 1 aliphatic heterocycles. The highest BCUT2D eigenvalue weighted by atomic mass is 79.9. The highest BCUT2D eigenvalue weighted by Crippen LogP contribution is 2.24. The van der Waals surface area contributed by atoms with Gasteiger partial charge in [-0.3, -0.25) is 4.90 Å². The third-order valence-electron chi connectivity index (χ3n) is 3.98. The van der Waals surface area contributed by atoms with Crippen molar-refractivity contribution in [3.8, 4) is 0 Å². The minimum absolute atomic E-state index is 0.532. The largest absolute Gasteiger partial charge is 0.296 e. The number of rotatable bonds is 5. The molecule has 0 unspecified atom stereocenters. The number of thiophene rings is 1. The van der Waals surface area contributed by atoms with Crippen LogP contribution in [0.25, 0.3) is 6.08 Å². The van der Waals surface area contributed by atoms with Crippen molar-refractivity contribution in [2.24, 2.45) is 0 Å². The summed E-state index contributed by atoms with van der Waals surface area (Å²) in [6, 6.07) is 11.5. The Morgan fingerprint density at radius 2 is 1.79 bits per heavy atom. The van der Waals surface area contributed by atoms with Crippen LogP contribution in [0.2, 0.25) is 0 Å². The van der Waals surface area contributed by atoms with Crippen LogP contribution in [0, 0.1) is 0 Å². The zero-order valence-corrected chi connectivity index (χ0v) is 16.4. The number of sulfonamides is 1. The normalized spacial score (nSPS) is 17.5. The average molecular weight is 427 g/mol. The first-order valence-electron chi connectivity index (χ1n) is 7.72. The van der Waals surface area contributed by atoms with Gasteiger partial charge in [0, 0.05) is 47.5 Å². The summed E-state index contributed by atoms with van der Waals surface area (Å²) in [4.78, 5) is 3.58. The fourth-order valence-electron chi connectivity index (χ4n) is 2.60. The highest BCUT2D eigenvalue weighted by molar-refractivity contribution is 9.10. The molecule has 1 fully saturated rings. The number of hydrogen-bond donors (Lipinski definition) is 0. The molecular formula is C17H19BrN2O2S2. The Labute approximate surface area is 155 Å². The Kier molecular flexibility index (Phi) is 5.89.